The molecule has 5 heteroatoms. The summed E-state index contributed by atoms with van der Waals surface area (Å²) in [5.41, 5.74) is -0.304. The van der Waals surface area contributed by atoms with Gasteiger partial charge in [0, 0.05) is 6.04 Å². The summed E-state index contributed by atoms with van der Waals surface area (Å²) in [6.07, 6.45) is 0.640. The van der Waals surface area contributed by atoms with Crippen molar-refractivity contribution in [2.24, 2.45) is 17.8 Å². The summed E-state index contributed by atoms with van der Waals surface area (Å²) < 4.78 is 38.1. The minimum Gasteiger partial charge on any atom is -0.353 e. The second-order valence-electron chi connectivity index (χ2n) is 7.07. The van der Waals surface area contributed by atoms with E-state index in [0.29, 0.717) is 17.4 Å². The Kier molecular flexibility index (Phi) is 4.39. The van der Waals surface area contributed by atoms with Gasteiger partial charge in [0.2, 0.25) is 5.91 Å². The normalized spacial score (nSPS) is 27.9. The highest BCUT2D eigenvalue weighted by Gasteiger charge is 2.42. The van der Waals surface area contributed by atoms with Crippen molar-refractivity contribution in [3.63, 3.8) is 0 Å². The van der Waals surface area contributed by atoms with Gasteiger partial charge in [-0.3, -0.25) is 4.79 Å². The van der Waals surface area contributed by atoms with Crippen molar-refractivity contribution in [3.05, 3.63) is 35.4 Å². The molecule has 3 rings (SSSR count). The third-order valence-electron chi connectivity index (χ3n) is 5.44. The van der Waals surface area contributed by atoms with Gasteiger partial charge in [0.25, 0.3) is 0 Å². The molecule has 0 heterocycles. The van der Waals surface area contributed by atoms with Crippen LogP contribution in [0.25, 0.3) is 0 Å². The summed E-state index contributed by atoms with van der Waals surface area (Å²) in [6, 6.07) is 5.10. The van der Waals surface area contributed by atoms with Crippen molar-refractivity contribution in [3.8, 4) is 0 Å². The third kappa shape index (κ3) is 3.70. The second-order valence-corrected chi connectivity index (χ2v) is 7.07. The maximum absolute atomic E-state index is 12.7. The van der Waals surface area contributed by atoms with Gasteiger partial charge in [0.05, 0.1) is 12.0 Å². The molecular weight excluding hydrogens is 303 g/mol. The number of carbonyl (C=O) groups excluding carboxylic acids is 1. The van der Waals surface area contributed by atoms with Crippen LogP contribution in [0.2, 0.25) is 0 Å². The molecule has 2 saturated carbocycles. The van der Waals surface area contributed by atoms with E-state index in [4.69, 9.17) is 0 Å². The van der Waals surface area contributed by atoms with E-state index in [0.717, 1.165) is 18.1 Å². The van der Waals surface area contributed by atoms with E-state index in [1.165, 1.54) is 31.7 Å². The maximum atomic E-state index is 12.7. The van der Waals surface area contributed by atoms with E-state index in [9.17, 15) is 18.0 Å². The lowest BCUT2D eigenvalue weighted by atomic mass is 9.84. The monoisotopic (exact) mass is 325 g/mol. The molecule has 2 fully saturated rings. The van der Waals surface area contributed by atoms with Crippen LogP contribution in [0, 0.1) is 17.8 Å². The molecule has 2 aliphatic rings. The molecule has 126 valence electrons. The molecule has 0 radical (unpaired) electrons. The van der Waals surface area contributed by atoms with Gasteiger partial charge in [-0.15, -0.1) is 0 Å². The fraction of sp³-hybridized carbons (Fsp3) is 0.611. The molecule has 1 amide bonds. The number of carbonyl (C=O) groups is 1. The van der Waals surface area contributed by atoms with E-state index < -0.39 is 11.7 Å². The zero-order chi connectivity index (χ0) is 16.6. The Hall–Kier alpha value is -1.52. The lowest BCUT2D eigenvalue weighted by Gasteiger charge is -2.28. The molecule has 0 aliphatic heterocycles. The molecule has 0 spiro atoms. The largest absolute Gasteiger partial charge is 0.416 e. The molecule has 1 aromatic carbocycles. The molecule has 2 bridgehead atoms. The van der Waals surface area contributed by atoms with Gasteiger partial charge < -0.3 is 5.32 Å². The SMILES string of the molecule is CC(NC(=O)Cc1cccc(C(F)(F)F)c1)C1CC2CCC1C2. The van der Waals surface area contributed by atoms with Crippen molar-refractivity contribution in [1.82, 2.24) is 5.32 Å². The zero-order valence-electron chi connectivity index (χ0n) is 13.2. The van der Waals surface area contributed by atoms with Crippen molar-refractivity contribution in [1.29, 1.82) is 0 Å². The van der Waals surface area contributed by atoms with Gasteiger partial charge in [0.1, 0.15) is 0 Å². The first-order chi connectivity index (χ1) is 10.8. The topological polar surface area (TPSA) is 29.1 Å². The van der Waals surface area contributed by atoms with Crippen LogP contribution in [0.4, 0.5) is 13.2 Å². The van der Waals surface area contributed by atoms with Crippen LogP contribution in [0.3, 0.4) is 0 Å². The zero-order valence-corrected chi connectivity index (χ0v) is 13.2. The fourth-order valence-corrected chi connectivity index (χ4v) is 4.36. The van der Waals surface area contributed by atoms with Crippen molar-refractivity contribution >= 4 is 5.91 Å². The molecule has 0 aromatic heterocycles. The Bertz CT molecular complexity index is 584. The fourth-order valence-electron chi connectivity index (χ4n) is 4.36. The molecule has 1 aromatic rings. The van der Waals surface area contributed by atoms with Crippen LogP contribution in [0.5, 0.6) is 0 Å². The van der Waals surface area contributed by atoms with Gasteiger partial charge in [-0.2, -0.15) is 13.2 Å². The van der Waals surface area contributed by atoms with Crippen LogP contribution >= 0.6 is 0 Å². The standard InChI is InChI=1S/C18H22F3NO/c1-11(16-9-13-5-6-14(16)7-13)22-17(23)10-12-3-2-4-15(8-12)18(19,20)21/h2-4,8,11,13-14,16H,5-7,9-10H2,1H3,(H,22,23). The summed E-state index contributed by atoms with van der Waals surface area (Å²) in [4.78, 5) is 12.2. The number of amides is 1. The summed E-state index contributed by atoms with van der Waals surface area (Å²) in [5.74, 6) is 1.86. The highest BCUT2D eigenvalue weighted by Crippen LogP contribution is 2.49. The van der Waals surface area contributed by atoms with Crippen LogP contribution in [0.15, 0.2) is 24.3 Å². The van der Waals surface area contributed by atoms with E-state index in [1.807, 2.05) is 6.92 Å². The first kappa shape index (κ1) is 16.3. The molecule has 4 atom stereocenters. The van der Waals surface area contributed by atoms with Crippen LogP contribution < -0.4 is 5.32 Å². The number of hydrogen-bond donors (Lipinski definition) is 1. The quantitative estimate of drug-likeness (QED) is 0.884. The molecule has 23 heavy (non-hydrogen) atoms. The molecule has 4 unspecified atom stereocenters. The van der Waals surface area contributed by atoms with E-state index in [-0.39, 0.29) is 18.4 Å². The molecule has 1 N–H and O–H groups in total. The van der Waals surface area contributed by atoms with Gasteiger partial charge in [-0.1, -0.05) is 24.6 Å². The molecule has 2 aliphatic carbocycles. The second kappa shape index (κ2) is 6.17. The van der Waals surface area contributed by atoms with Crippen LogP contribution in [-0.4, -0.2) is 11.9 Å². The minimum atomic E-state index is -4.37. The van der Waals surface area contributed by atoms with Crippen molar-refractivity contribution < 1.29 is 18.0 Å². The smallest absolute Gasteiger partial charge is 0.353 e. The number of hydrogen-bond acceptors (Lipinski definition) is 1. The van der Waals surface area contributed by atoms with Crippen molar-refractivity contribution in [2.45, 2.75) is 51.2 Å². The Morgan fingerprint density at radius 2 is 2.09 bits per heavy atom. The maximum Gasteiger partial charge on any atom is 0.416 e. The van der Waals surface area contributed by atoms with Gasteiger partial charge in [0.15, 0.2) is 0 Å². The summed E-state index contributed by atoms with van der Waals surface area (Å²) >= 11 is 0. The van der Waals surface area contributed by atoms with Crippen LogP contribution in [0.1, 0.15) is 43.7 Å². The predicted octanol–water partition coefficient (Wildman–Crippen LogP) is 4.19. The number of rotatable bonds is 4. The molecule has 2 nitrogen and oxygen atoms in total. The third-order valence-corrected chi connectivity index (χ3v) is 5.44. The van der Waals surface area contributed by atoms with Gasteiger partial charge >= 0.3 is 6.18 Å². The Labute approximate surface area is 134 Å². The van der Waals surface area contributed by atoms with E-state index in [1.54, 1.807) is 6.07 Å². The Morgan fingerprint density at radius 3 is 2.70 bits per heavy atom. The number of alkyl halides is 3. The average molecular weight is 325 g/mol. The highest BCUT2D eigenvalue weighted by molar-refractivity contribution is 5.78. The molecular formula is C18H22F3NO. The van der Waals surface area contributed by atoms with Gasteiger partial charge in [-0.25, -0.2) is 0 Å². The first-order valence-electron chi connectivity index (χ1n) is 8.28. The van der Waals surface area contributed by atoms with Crippen LogP contribution in [-0.2, 0) is 17.4 Å². The van der Waals surface area contributed by atoms with E-state index in [2.05, 4.69) is 5.32 Å². The lowest BCUT2D eigenvalue weighted by molar-refractivity contribution is -0.137. The number of fused-ring (bicyclic) bond motifs is 2. The van der Waals surface area contributed by atoms with E-state index >= 15 is 0 Å². The van der Waals surface area contributed by atoms with Crippen molar-refractivity contribution in [2.75, 3.05) is 0 Å². The summed E-state index contributed by atoms with van der Waals surface area (Å²) in [7, 11) is 0. The molecule has 0 saturated heterocycles. The summed E-state index contributed by atoms with van der Waals surface area (Å²) in [5, 5.41) is 2.99. The lowest BCUT2D eigenvalue weighted by Crippen LogP contribution is -2.40. The highest BCUT2D eigenvalue weighted by atomic mass is 19.4. The number of halogens is 3. The minimum absolute atomic E-state index is 0.00489. The Morgan fingerprint density at radius 1 is 1.30 bits per heavy atom. The average Bonchev–Trinajstić information content (AvgIpc) is 3.09. The number of benzene rings is 1. The number of nitrogens with one attached hydrogen (secondary N) is 1. The first-order valence-corrected chi connectivity index (χ1v) is 8.28. The van der Waals surface area contributed by atoms with Gasteiger partial charge in [-0.05, 0) is 55.6 Å². The predicted molar refractivity (Wildman–Crippen MR) is 81.7 cm³/mol. The Balaban J connectivity index is 1.57. The summed E-state index contributed by atoms with van der Waals surface area (Å²) in [6.45, 7) is 2.02.